The third kappa shape index (κ3) is 2.36. The highest BCUT2D eigenvalue weighted by molar-refractivity contribution is 7.99. The number of hydrogen-bond donors (Lipinski definition) is 3. The lowest BCUT2D eigenvalue weighted by atomic mass is 10.3. The summed E-state index contributed by atoms with van der Waals surface area (Å²) in [7, 11) is 1.84. The van der Waals surface area contributed by atoms with E-state index >= 15 is 0 Å². The Morgan fingerprint density at radius 2 is 2.45 bits per heavy atom. The predicted molar refractivity (Wildman–Crippen MR) is 46.0 cm³/mol. The zero-order valence-corrected chi connectivity index (χ0v) is 7.49. The summed E-state index contributed by atoms with van der Waals surface area (Å²) >= 11 is 1.59. The molecule has 1 heterocycles. The molecular formula is C6H13N3OS. The molecule has 0 aromatic rings. The summed E-state index contributed by atoms with van der Waals surface area (Å²) in [6, 6.07) is 0. The lowest BCUT2D eigenvalue weighted by Gasteiger charge is -2.29. The van der Waals surface area contributed by atoms with Crippen LogP contribution in [-0.2, 0) is 4.79 Å². The maximum Gasteiger partial charge on any atom is 0.224 e. The quantitative estimate of drug-likeness (QED) is 0.519. The van der Waals surface area contributed by atoms with Gasteiger partial charge in [-0.2, -0.15) is 0 Å². The fraction of sp³-hybridized carbons (Fsp3) is 0.833. The summed E-state index contributed by atoms with van der Waals surface area (Å²) in [6.45, 7) is 0. The second kappa shape index (κ2) is 3.94. The van der Waals surface area contributed by atoms with Crippen LogP contribution in [0.3, 0.4) is 0 Å². The molecule has 11 heavy (non-hydrogen) atoms. The molecule has 1 rings (SSSR count). The second-order valence-corrected chi connectivity index (χ2v) is 3.34. The standard InChI is InChI=1S/C6H13N3OS/c1-7-4-3-5(10)9-6(8-4)11-2/h4,6-8H,3H2,1-2H3,(H,9,10). The topological polar surface area (TPSA) is 53.2 Å². The van der Waals surface area contributed by atoms with Crippen molar-refractivity contribution in [2.75, 3.05) is 13.3 Å². The minimum Gasteiger partial charge on any atom is -0.332 e. The number of carbonyl (C=O) groups excluding carboxylic acids is 1. The molecule has 1 amide bonds. The molecular weight excluding hydrogens is 162 g/mol. The molecule has 3 N–H and O–H groups in total. The van der Waals surface area contributed by atoms with Crippen LogP contribution in [0.5, 0.6) is 0 Å². The van der Waals surface area contributed by atoms with Crippen LogP contribution in [0.15, 0.2) is 0 Å². The first-order valence-corrected chi connectivity index (χ1v) is 4.80. The average molecular weight is 175 g/mol. The van der Waals surface area contributed by atoms with E-state index in [-0.39, 0.29) is 17.6 Å². The van der Waals surface area contributed by atoms with Crippen molar-refractivity contribution in [3.05, 3.63) is 0 Å². The molecule has 4 nitrogen and oxygen atoms in total. The van der Waals surface area contributed by atoms with Crippen molar-refractivity contribution >= 4 is 17.7 Å². The number of nitrogens with one attached hydrogen (secondary N) is 3. The molecule has 0 bridgehead atoms. The number of rotatable bonds is 2. The van der Waals surface area contributed by atoms with Gasteiger partial charge in [-0.3, -0.25) is 10.1 Å². The Morgan fingerprint density at radius 1 is 1.73 bits per heavy atom. The molecule has 2 unspecified atom stereocenters. The van der Waals surface area contributed by atoms with Crippen LogP contribution in [0.25, 0.3) is 0 Å². The molecule has 5 heteroatoms. The summed E-state index contributed by atoms with van der Waals surface area (Å²) in [5.74, 6) is 0.0995. The van der Waals surface area contributed by atoms with Crippen molar-refractivity contribution in [3.8, 4) is 0 Å². The summed E-state index contributed by atoms with van der Waals surface area (Å²) in [6.07, 6.45) is 2.57. The van der Waals surface area contributed by atoms with Gasteiger partial charge in [0, 0.05) is 0 Å². The molecule has 2 atom stereocenters. The molecule has 0 aromatic carbocycles. The maximum atomic E-state index is 11.0. The predicted octanol–water partition coefficient (Wildman–Crippen LogP) is -0.712. The van der Waals surface area contributed by atoms with Crippen LogP contribution in [0, 0.1) is 0 Å². The Morgan fingerprint density at radius 3 is 3.00 bits per heavy atom. The van der Waals surface area contributed by atoms with Gasteiger partial charge in [0.15, 0.2) is 0 Å². The highest BCUT2D eigenvalue weighted by atomic mass is 32.2. The minimum atomic E-state index is 0.0497. The van der Waals surface area contributed by atoms with Crippen LogP contribution in [0.1, 0.15) is 6.42 Å². The van der Waals surface area contributed by atoms with Crippen molar-refractivity contribution < 1.29 is 4.79 Å². The van der Waals surface area contributed by atoms with Gasteiger partial charge >= 0.3 is 0 Å². The molecule has 1 saturated heterocycles. The van der Waals surface area contributed by atoms with E-state index in [0.717, 1.165) is 0 Å². The molecule has 0 radical (unpaired) electrons. The number of carbonyl (C=O) groups is 1. The van der Waals surface area contributed by atoms with Crippen molar-refractivity contribution in [1.29, 1.82) is 0 Å². The average Bonchev–Trinajstić information content (AvgIpc) is 2.03. The van der Waals surface area contributed by atoms with Gasteiger partial charge in [-0.25, -0.2) is 0 Å². The number of amides is 1. The second-order valence-electron chi connectivity index (χ2n) is 2.40. The van der Waals surface area contributed by atoms with Crippen molar-refractivity contribution in [2.45, 2.75) is 18.1 Å². The van der Waals surface area contributed by atoms with Gasteiger partial charge in [-0.05, 0) is 13.3 Å². The van der Waals surface area contributed by atoms with Crippen molar-refractivity contribution in [2.24, 2.45) is 0 Å². The Labute approximate surface area is 70.5 Å². The highest BCUT2D eigenvalue weighted by Crippen LogP contribution is 2.06. The van der Waals surface area contributed by atoms with Crippen LogP contribution in [0.2, 0.25) is 0 Å². The number of thioether (sulfide) groups is 1. The molecule has 1 aliphatic heterocycles. The van der Waals surface area contributed by atoms with Crippen molar-refractivity contribution in [3.63, 3.8) is 0 Å². The van der Waals surface area contributed by atoms with E-state index in [1.165, 1.54) is 0 Å². The monoisotopic (exact) mass is 175 g/mol. The Balaban J connectivity index is 2.43. The summed E-state index contributed by atoms with van der Waals surface area (Å²) in [5.41, 5.74) is 0.0497. The van der Waals surface area contributed by atoms with Gasteiger partial charge in [0.1, 0.15) is 5.50 Å². The third-order valence-electron chi connectivity index (χ3n) is 1.62. The van der Waals surface area contributed by atoms with Crippen molar-refractivity contribution in [1.82, 2.24) is 16.0 Å². The molecule has 0 aliphatic carbocycles. The van der Waals surface area contributed by atoms with Gasteiger partial charge in [0.05, 0.1) is 12.6 Å². The summed E-state index contributed by atoms with van der Waals surface area (Å²) in [4.78, 5) is 11.0. The van der Waals surface area contributed by atoms with E-state index in [0.29, 0.717) is 6.42 Å². The first-order chi connectivity index (χ1) is 5.26. The lowest BCUT2D eigenvalue weighted by Crippen LogP contribution is -2.58. The fourth-order valence-corrected chi connectivity index (χ4v) is 1.54. The summed E-state index contributed by atoms with van der Waals surface area (Å²) < 4.78 is 0. The van der Waals surface area contributed by atoms with Gasteiger partial charge in [-0.1, -0.05) is 0 Å². The van der Waals surface area contributed by atoms with E-state index in [1.807, 2.05) is 13.3 Å². The van der Waals surface area contributed by atoms with E-state index in [1.54, 1.807) is 11.8 Å². The van der Waals surface area contributed by atoms with Crippen LogP contribution < -0.4 is 16.0 Å². The first kappa shape index (κ1) is 8.83. The molecule has 1 aliphatic rings. The minimum absolute atomic E-state index is 0.0497. The Bertz CT molecular complexity index is 139. The first-order valence-electron chi connectivity index (χ1n) is 3.51. The SMILES string of the molecule is CNC1CC(=O)NC(SC)N1. The maximum absolute atomic E-state index is 11.0. The Hall–Kier alpha value is -0.260. The molecule has 64 valence electrons. The van der Waals surface area contributed by atoms with E-state index in [9.17, 15) is 4.79 Å². The van der Waals surface area contributed by atoms with Crippen LogP contribution in [0.4, 0.5) is 0 Å². The third-order valence-corrected chi connectivity index (χ3v) is 2.34. The molecule has 0 saturated carbocycles. The van der Waals surface area contributed by atoms with Gasteiger partial charge in [-0.15, -0.1) is 11.8 Å². The lowest BCUT2D eigenvalue weighted by molar-refractivity contribution is -0.123. The molecule has 0 aromatic heterocycles. The normalized spacial score (nSPS) is 31.6. The highest BCUT2D eigenvalue weighted by Gasteiger charge is 2.23. The van der Waals surface area contributed by atoms with E-state index in [2.05, 4.69) is 16.0 Å². The van der Waals surface area contributed by atoms with Crippen LogP contribution in [-0.4, -0.2) is 30.9 Å². The van der Waals surface area contributed by atoms with Crippen LogP contribution >= 0.6 is 11.8 Å². The van der Waals surface area contributed by atoms with Gasteiger partial charge in [0.25, 0.3) is 0 Å². The van der Waals surface area contributed by atoms with E-state index < -0.39 is 0 Å². The van der Waals surface area contributed by atoms with Gasteiger partial charge < -0.3 is 10.6 Å². The smallest absolute Gasteiger partial charge is 0.224 e. The zero-order valence-electron chi connectivity index (χ0n) is 6.68. The molecule has 0 spiro atoms. The Kier molecular flexibility index (Phi) is 3.16. The largest absolute Gasteiger partial charge is 0.332 e. The zero-order chi connectivity index (χ0) is 8.27. The fourth-order valence-electron chi connectivity index (χ4n) is 0.986. The summed E-state index contributed by atoms with van der Waals surface area (Å²) in [5, 5.41) is 9.02. The molecule has 1 fully saturated rings. The van der Waals surface area contributed by atoms with E-state index in [4.69, 9.17) is 0 Å². The number of hydrogen-bond acceptors (Lipinski definition) is 4. The van der Waals surface area contributed by atoms with Gasteiger partial charge in [0.2, 0.25) is 5.91 Å².